The Balaban J connectivity index is 1.45. The van der Waals surface area contributed by atoms with Crippen molar-refractivity contribution in [3.63, 3.8) is 0 Å². The number of aromatic nitrogens is 3. The molecule has 2 aromatic carbocycles. The second-order valence-corrected chi connectivity index (χ2v) is 10.4. The Hall–Kier alpha value is -4.46. The summed E-state index contributed by atoms with van der Waals surface area (Å²) in [5, 5.41) is -0.0703. The molecule has 0 aliphatic carbocycles. The Labute approximate surface area is 241 Å². The lowest BCUT2D eigenvalue weighted by Gasteiger charge is -2.19. The molecule has 0 spiro atoms. The summed E-state index contributed by atoms with van der Waals surface area (Å²) in [5.74, 6) is -0.271. The van der Waals surface area contributed by atoms with E-state index in [0.29, 0.717) is 11.0 Å². The van der Waals surface area contributed by atoms with E-state index in [2.05, 4.69) is 9.97 Å². The highest BCUT2D eigenvalue weighted by Crippen LogP contribution is 2.26. The van der Waals surface area contributed by atoms with Gasteiger partial charge in [-0.05, 0) is 30.7 Å². The van der Waals surface area contributed by atoms with Crippen molar-refractivity contribution in [2.45, 2.75) is 30.6 Å². The molecule has 2 heterocycles. The molecule has 0 aliphatic heterocycles. The Morgan fingerprint density at radius 2 is 1.74 bits per heavy atom. The molecule has 1 atom stereocenters. The van der Waals surface area contributed by atoms with E-state index in [0.717, 1.165) is 5.56 Å². The summed E-state index contributed by atoms with van der Waals surface area (Å²) in [6.07, 6.45) is -4.15. The van der Waals surface area contributed by atoms with Crippen LogP contribution in [0.25, 0.3) is 11.0 Å². The van der Waals surface area contributed by atoms with Gasteiger partial charge in [-0.1, -0.05) is 42.5 Å². The number of carbonyl (C=O) groups excluding carboxylic acids is 2. The zero-order valence-electron chi connectivity index (χ0n) is 22.7. The minimum absolute atomic E-state index is 0.00287. The average molecular weight is 605 g/mol. The van der Waals surface area contributed by atoms with Crippen LogP contribution in [0.5, 0.6) is 5.75 Å². The van der Waals surface area contributed by atoms with Gasteiger partial charge in [-0.15, -0.1) is 0 Å². The van der Waals surface area contributed by atoms with Crippen molar-refractivity contribution in [3.8, 4) is 5.75 Å². The molecule has 2 aromatic heterocycles. The van der Waals surface area contributed by atoms with E-state index in [1.165, 1.54) is 35.7 Å². The third-order valence-electron chi connectivity index (χ3n) is 6.02. The largest absolute Gasteiger partial charge is 0.508 e. The first-order valence-electron chi connectivity index (χ1n) is 12.6. The summed E-state index contributed by atoms with van der Waals surface area (Å²) in [6, 6.07) is 16.5. The van der Waals surface area contributed by atoms with Crippen LogP contribution in [0.3, 0.4) is 0 Å². The van der Waals surface area contributed by atoms with Gasteiger partial charge in [-0.3, -0.25) is 9.19 Å². The monoisotopic (exact) mass is 604 g/mol. The number of hydrogen-bond donors (Lipinski definition) is 0. The number of benzene rings is 2. The minimum atomic E-state index is -4.52. The molecular weight excluding hydrogens is 577 g/mol. The Morgan fingerprint density at radius 3 is 2.48 bits per heavy atom. The summed E-state index contributed by atoms with van der Waals surface area (Å²) in [4.78, 5) is 35.3. The lowest BCUT2D eigenvalue weighted by molar-refractivity contribution is -0.153. The van der Waals surface area contributed by atoms with E-state index in [-0.39, 0.29) is 47.7 Å². The van der Waals surface area contributed by atoms with Crippen LogP contribution in [0.2, 0.25) is 0 Å². The number of halogens is 3. The lowest BCUT2D eigenvalue weighted by Crippen LogP contribution is -2.35. The third-order valence-corrected chi connectivity index (χ3v) is 7.23. The van der Waals surface area contributed by atoms with Crippen LogP contribution in [0.1, 0.15) is 16.8 Å². The van der Waals surface area contributed by atoms with Crippen molar-refractivity contribution >= 4 is 34.0 Å². The SMILES string of the molecule is Cc1c(OCC(F)(F)F)ccnc1C[S@](=O)c1nc2ccccc2n1C(=O)N(C)CCOC(=O)OCc1ccccc1. The van der Waals surface area contributed by atoms with Gasteiger partial charge < -0.3 is 19.1 Å². The normalized spacial score (nSPS) is 12.1. The fourth-order valence-corrected chi connectivity index (χ4v) is 5.09. The van der Waals surface area contributed by atoms with E-state index in [1.807, 2.05) is 18.2 Å². The molecule has 0 N–H and O–H groups in total. The molecule has 42 heavy (non-hydrogen) atoms. The van der Waals surface area contributed by atoms with Gasteiger partial charge in [-0.25, -0.2) is 19.1 Å². The molecular formula is C28H27F3N4O6S. The quantitative estimate of drug-likeness (QED) is 0.226. The highest BCUT2D eigenvalue weighted by molar-refractivity contribution is 7.84. The second kappa shape index (κ2) is 13.5. The minimum Gasteiger partial charge on any atom is -0.484 e. The maximum absolute atomic E-state index is 13.5. The topological polar surface area (TPSA) is 113 Å². The maximum atomic E-state index is 13.5. The van der Waals surface area contributed by atoms with Gasteiger partial charge in [0.05, 0.1) is 39.8 Å². The number of carbonyl (C=O) groups is 2. The first kappa shape index (κ1) is 30.5. The van der Waals surface area contributed by atoms with E-state index in [1.54, 1.807) is 36.4 Å². The fourth-order valence-electron chi connectivity index (χ4n) is 3.84. The number of alkyl halides is 3. The van der Waals surface area contributed by atoms with Gasteiger partial charge >= 0.3 is 18.4 Å². The Morgan fingerprint density at radius 1 is 1.02 bits per heavy atom. The third kappa shape index (κ3) is 7.84. The van der Waals surface area contributed by atoms with Crippen LogP contribution in [0.4, 0.5) is 22.8 Å². The molecule has 0 saturated heterocycles. The summed E-state index contributed by atoms with van der Waals surface area (Å²) < 4.78 is 67.6. The average Bonchev–Trinajstić information content (AvgIpc) is 3.36. The van der Waals surface area contributed by atoms with Crippen molar-refractivity contribution in [3.05, 3.63) is 83.7 Å². The molecule has 0 unspecified atom stereocenters. The number of likely N-dealkylation sites (N-methyl/N-ethyl adjacent to an activating group) is 1. The van der Waals surface area contributed by atoms with Gasteiger partial charge in [-0.2, -0.15) is 13.2 Å². The predicted octanol–water partition coefficient (Wildman–Crippen LogP) is 5.24. The number of fused-ring (bicyclic) bond motifs is 1. The van der Waals surface area contributed by atoms with Crippen LogP contribution in [-0.2, 0) is 32.6 Å². The molecule has 10 nitrogen and oxygen atoms in total. The molecule has 0 fully saturated rings. The number of hydrogen-bond acceptors (Lipinski definition) is 8. The molecule has 1 amide bonds. The number of pyridine rings is 1. The molecule has 0 aliphatic rings. The van der Waals surface area contributed by atoms with E-state index >= 15 is 0 Å². The highest BCUT2D eigenvalue weighted by Gasteiger charge is 2.29. The van der Waals surface area contributed by atoms with E-state index < -0.39 is 35.8 Å². The van der Waals surface area contributed by atoms with Crippen molar-refractivity contribution < 1.29 is 41.2 Å². The van der Waals surface area contributed by atoms with Crippen LogP contribution in [0.15, 0.2) is 72.0 Å². The predicted molar refractivity (Wildman–Crippen MR) is 146 cm³/mol. The van der Waals surface area contributed by atoms with Gasteiger partial charge in [0.15, 0.2) is 6.61 Å². The van der Waals surface area contributed by atoms with Gasteiger partial charge in [0.1, 0.15) is 19.0 Å². The molecule has 4 aromatic rings. The number of imidazole rings is 1. The molecule has 222 valence electrons. The Kier molecular flexibility index (Phi) is 9.78. The standard InChI is InChI=1S/C28H27F3N4O6S/c1-19-22(32-13-12-24(19)41-18-28(29,30)31)17-42(38)25-33-21-10-6-7-11-23(21)35(25)26(36)34(2)14-15-39-27(37)40-16-20-8-4-3-5-9-20/h3-13H,14-18H2,1-2H3/t42-/m0/s1. The summed E-state index contributed by atoms with van der Waals surface area (Å²) in [7, 11) is -0.449. The molecule has 0 bridgehead atoms. The van der Waals surface area contributed by atoms with Crippen molar-refractivity contribution in [2.75, 3.05) is 26.8 Å². The zero-order valence-corrected chi connectivity index (χ0v) is 23.5. The summed E-state index contributed by atoms with van der Waals surface area (Å²) in [5.41, 5.74) is 2.12. The molecule has 0 saturated carbocycles. The second-order valence-electron chi connectivity index (χ2n) is 9.07. The first-order valence-corrected chi connectivity index (χ1v) is 13.9. The lowest BCUT2D eigenvalue weighted by atomic mass is 10.2. The van der Waals surface area contributed by atoms with Crippen LogP contribution in [-0.4, -0.2) is 68.8 Å². The van der Waals surface area contributed by atoms with Gasteiger partial charge in [0.25, 0.3) is 0 Å². The maximum Gasteiger partial charge on any atom is 0.508 e. The van der Waals surface area contributed by atoms with Crippen molar-refractivity contribution in [1.82, 2.24) is 19.4 Å². The smallest absolute Gasteiger partial charge is 0.484 e. The number of ether oxygens (including phenoxy) is 3. The van der Waals surface area contributed by atoms with Crippen LogP contribution >= 0.6 is 0 Å². The molecule has 14 heteroatoms. The Bertz CT molecular complexity index is 1580. The number of nitrogens with zero attached hydrogens (tertiary/aromatic N) is 4. The number of para-hydroxylation sites is 2. The number of amides is 1. The number of rotatable bonds is 10. The van der Waals surface area contributed by atoms with Gasteiger partial charge in [0, 0.05) is 18.8 Å². The summed E-state index contributed by atoms with van der Waals surface area (Å²) >= 11 is 0. The van der Waals surface area contributed by atoms with Crippen molar-refractivity contribution in [1.29, 1.82) is 0 Å². The van der Waals surface area contributed by atoms with Crippen LogP contribution in [0, 0.1) is 6.92 Å². The summed E-state index contributed by atoms with van der Waals surface area (Å²) in [6.45, 7) is -0.0916. The van der Waals surface area contributed by atoms with E-state index in [9.17, 15) is 27.0 Å². The van der Waals surface area contributed by atoms with E-state index in [4.69, 9.17) is 14.2 Å². The molecule has 4 rings (SSSR count). The molecule has 0 radical (unpaired) electrons. The first-order chi connectivity index (χ1) is 20.0. The van der Waals surface area contributed by atoms with Gasteiger partial charge in [0.2, 0.25) is 5.16 Å². The van der Waals surface area contributed by atoms with Crippen molar-refractivity contribution in [2.24, 2.45) is 0 Å². The zero-order chi connectivity index (χ0) is 30.3. The highest BCUT2D eigenvalue weighted by atomic mass is 32.2. The van der Waals surface area contributed by atoms with Crippen LogP contribution < -0.4 is 4.74 Å². The fraction of sp³-hybridized carbons (Fsp3) is 0.286.